The van der Waals surface area contributed by atoms with E-state index in [4.69, 9.17) is 21.1 Å². The van der Waals surface area contributed by atoms with Crippen molar-refractivity contribution < 1.29 is 9.47 Å². The zero-order chi connectivity index (χ0) is 13.7. The van der Waals surface area contributed by atoms with Crippen molar-refractivity contribution in [2.75, 3.05) is 26.9 Å². The number of rotatable bonds is 5. The topological polar surface area (TPSA) is 30.5 Å². The number of halogens is 1. The Bertz CT molecular complexity index is 417. The number of benzene rings is 1. The summed E-state index contributed by atoms with van der Waals surface area (Å²) in [6.45, 7) is 5.36. The molecular formula is C15H22ClNO2. The van der Waals surface area contributed by atoms with Crippen molar-refractivity contribution in [2.24, 2.45) is 0 Å². The molecule has 0 saturated carbocycles. The highest BCUT2D eigenvalue weighted by molar-refractivity contribution is 6.30. The quantitative estimate of drug-likeness (QED) is 0.901. The van der Waals surface area contributed by atoms with Crippen LogP contribution in [0.5, 0.6) is 0 Å². The van der Waals surface area contributed by atoms with Crippen LogP contribution in [-0.2, 0) is 16.0 Å². The summed E-state index contributed by atoms with van der Waals surface area (Å²) in [5, 5.41) is 4.29. The van der Waals surface area contributed by atoms with Gasteiger partial charge in [-0.15, -0.1) is 0 Å². The lowest BCUT2D eigenvalue weighted by atomic mass is 9.94. The smallest absolute Gasteiger partial charge is 0.0846 e. The van der Waals surface area contributed by atoms with Gasteiger partial charge in [0.1, 0.15) is 0 Å². The minimum absolute atomic E-state index is 0.0709. The molecule has 4 heteroatoms. The standard InChI is InChI=1S/C15H22ClNO2/c1-12-9-14(16)4-3-13(12)10-17-11-15(18-2)5-7-19-8-6-15/h3-4,9,17H,5-8,10-11H2,1-2H3. The van der Waals surface area contributed by atoms with Crippen LogP contribution in [0.3, 0.4) is 0 Å². The average molecular weight is 284 g/mol. The molecule has 1 heterocycles. The molecule has 1 aromatic rings. The molecule has 19 heavy (non-hydrogen) atoms. The molecule has 1 fully saturated rings. The molecule has 1 aromatic carbocycles. The zero-order valence-electron chi connectivity index (χ0n) is 11.7. The summed E-state index contributed by atoms with van der Waals surface area (Å²) in [6.07, 6.45) is 1.91. The number of methoxy groups -OCH3 is 1. The van der Waals surface area contributed by atoms with Gasteiger partial charge in [-0.1, -0.05) is 17.7 Å². The monoisotopic (exact) mass is 283 g/mol. The Morgan fingerprint density at radius 1 is 1.37 bits per heavy atom. The number of nitrogens with one attached hydrogen (secondary N) is 1. The fourth-order valence-corrected chi connectivity index (χ4v) is 2.71. The van der Waals surface area contributed by atoms with E-state index in [0.29, 0.717) is 0 Å². The van der Waals surface area contributed by atoms with Crippen molar-refractivity contribution in [1.82, 2.24) is 5.32 Å². The van der Waals surface area contributed by atoms with E-state index in [2.05, 4.69) is 18.3 Å². The molecule has 2 rings (SSSR count). The lowest BCUT2D eigenvalue weighted by Crippen LogP contribution is -2.46. The second-order valence-corrected chi connectivity index (χ2v) is 5.61. The van der Waals surface area contributed by atoms with E-state index in [1.54, 1.807) is 7.11 Å². The second-order valence-electron chi connectivity index (χ2n) is 5.17. The highest BCUT2D eigenvalue weighted by atomic mass is 35.5. The molecule has 0 aliphatic carbocycles. The Morgan fingerprint density at radius 2 is 2.11 bits per heavy atom. The van der Waals surface area contributed by atoms with Crippen LogP contribution in [0.15, 0.2) is 18.2 Å². The number of hydrogen-bond acceptors (Lipinski definition) is 3. The Morgan fingerprint density at radius 3 is 2.74 bits per heavy atom. The molecule has 106 valence electrons. The molecule has 3 nitrogen and oxygen atoms in total. The Hall–Kier alpha value is -0.610. The molecule has 1 aliphatic heterocycles. The van der Waals surface area contributed by atoms with Gasteiger partial charge in [-0.25, -0.2) is 0 Å². The van der Waals surface area contributed by atoms with E-state index in [9.17, 15) is 0 Å². The predicted octanol–water partition coefficient (Wildman–Crippen LogP) is 2.93. The Labute approximate surface area is 120 Å². The summed E-state index contributed by atoms with van der Waals surface area (Å²) < 4.78 is 11.1. The molecule has 0 unspecified atom stereocenters. The molecule has 1 aliphatic rings. The van der Waals surface area contributed by atoms with Crippen molar-refractivity contribution >= 4 is 11.6 Å². The molecule has 0 bridgehead atoms. The first-order valence-corrected chi connectivity index (χ1v) is 7.12. The van der Waals surface area contributed by atoms with Crippen LogP contribution in [0.4, 0.5) is 0 Å². The van der Waals surface area contributed by atoms with E-state index in [-0.39, 0.29) is 5.60 Å². The van der Waals surface area contributed by atoms with Crippen molar-refractivity contribution in [3.8, 4) is 0 Å². The number of ether oxygens (including phenoxy) is 2. The summed E-state index contributed by atoms with van der Waals surface area (Å²) in [4.78, 5) is 0. The lowest BCUT2D eigenvalue weighted by Gasteiger charge is -2.36. The van der Waals surface area contributed by atoms with Crippen LogP contribution in [-0.4, -0.2) is 32.5 Å². The first-order chi connectivity index (χ1) is 9.15. The van der Waals surface area contributed by atoms with Gasteiger partial charge in [0, 0.05) is 51.3 Å². The summed E-state index contributed by atoms with van der Waals surface area (Å²) in [6, 6.07) is 6.01. The van der Waals surface area contributed by atoms with E-state index in [0.717, 1.165) is 44.2 Å². The van der Waals surface area contributed by atoms with Crippen molar-refractivity contribution in [3.05, 3.63) is 34.3 Å². The third-order valence-electron chi connectivity index (χ3n) is 3.90. The van der Waals surface area contributed by atoms with Gasteiger partial charge in [-0.2, -0.15) is 0 Å². The largest absolute Gasteiger partial charge is 0.381 e. The number of hydrogen-bond donors (Lipinski definition) is 1. The molecule has 1 N–H and O–H groups in total. The highest BCUT2D eigenvalue weighted by Crippen LogP contribution is 2.24. The average Bonchev–Trinajstić information content (AvgIpc) is 2.42. The minimum atomic E-state index is -0.0709. The van der Waals surface area contributed by atoms with Gasteiger partial charge < -0.3 is 14.8 Å². The molecule has 1 saturated heterocycles. The fourth-order valence-electron chi connectivity index (χ4n) is 2.48. The van der Waals surface area contributed by atoms with Gasteiger partial charge in [0.2, 0.25) is 0 Å². The van der Waals surface area contributed by atoms with Crippen LogP contribution in [0.2, 0.25) is 5.02 Å². The van der Waals surface area contributed by atoms with Gasteiger partial charge >= 0.3 is 0 Å². The second kappa shape index (κ2) is 6.71. The number of aryl methyl sites for hydroxylation is 1. The van der Waals surface area contributed by atoms with Crippen molar-refractivity contribution in [2.45, 2.75) is 31.9 Å². The van der Waals surface area contributed by atoms with Crippen LogP contribution < -0.4 is 5.32 Å². The van der Waals surface area contributed by atoms with Gasteiger partial charge in [-0.05, 0) is 30.2 Å². The summed E-state index contributed by atoms with van der Waals surface area (Å²) >= 11 is 5.96. The SMILES string of the molecule is COC1(CNCc2ccc(Cl)cc2C)CCOCC1. The van der Waals surface area contributed by atoms with Crippen molar-refractivity contribution in [3.63, 3.8) is 0 Å². The van der Waals surface area contributed by atoms with Crippen LogP contribution >= 0.6 is 11.6 Å². The van der Waals surface area contributed by atoms with E-state index >= 15 is 0 Å². The first kappa shape index (κ1) is 14.8. The van der Waals surface area contributed by atoms with Gasteiger partial charge in [0.25, 0.3) is 0 Å². The Balaban J connectivity index is 1.88. The van der Waals surface area contributed by atoms with Crippen molar-refractivity contribution in [1.29, 1.82) is 0 Å². The highest BCUT2D eigenvalue weighted by Gasteiger charge is 2.31. The maximum atomic E-state index is 5.96. The van der Waals surface area contributed by atoms with Gasteiger partial charge in [-0.3, -0.25) is 0 Å². The van der Waals surface area contributed by atoms with E-state index in [1.165, 1.54) is 11.1 Å². The van der Waals surface area contributed by atoms with Gasteiger partial charge in [0.05, 0.1) is 5.60 Å². The first-order valence-electron chi connectivity index (χ1n) is 6.74. The van der Waals surface area contributed by atoms with Crippen LogP contribution in [0.1, 0.15) is 24.0 Å². The fraction of sp³-hybridized carbons (Fsp3) is 0.600. The van der Waals surface area contributed by atoms with Gasteiger partial charge in [0.15, 0.2) is 0 Å². The van der Waals surface area contributed by atoms with E-state index in [1.807, 2.05) is 12.1 Å². The molecule has 0 radical (unpaired) electrons. The summed E-state index contributed by atoms with van der Waals surface area (Å²) in [7, 11) is 1.79. The molecule has 0 amide bonds. The predicted molar refractivity (Wildman–Crippen MR) is 77.7 cm³/mol. The third-order valence-corrected chi connectivity index (χ3v) is 4.14. The van der Waals surface area contributed by atoms with Crippen LogP contribution in [0, 0.1) is 6.92 Å². The zero-order valence-corrected chi connectivity index (χ0v) is 12.4. The lowest BCUT2D eigenvalue weighted by molar-refractivity contribution is -0.0877. The maximum Gasteiger partial charge on any atom is 0.0846 e. The van der Waals surface area contributed by atoms with Crippen LogP contribution in [0.25, 0.3) is 0 Å². The molecule has 0 aromatic heterocycles. The summed E-state index contributed by atoms with van der Waals surface area (Å²) in [5.41, 5.74) is 2.43. The Kier molecular flexibility index (Phi) is 5.22. The molecule has 0 spiro atoms. The molecule has 0 atom stereocenters. The van der Waals surface area contributed by atoms with E-state index < -0.39 is 0 Å². The summed E-state index contributed by atoms with van der Waals surface area (Å²) in [5.74, 6) is 0. The molecular weight excluding hydrogens is 262 g/mol. The third kappa shape index (κ3) is 3.93. The minimum Gasteiger partial charge on any atom is -0.381 e. The maximum absolute atomic E-state index is 5.96. The normalized spacial score (nSPS) is 18.5.